The van der Waals surface area contributed by atoms with Gasteiger partial charge in [0.05, 0.1) is 24.5 Å². The minimum Gasteiger partial charge on any atom is -0.495 e. The third kappa shape index (κ3) is 2.87. The van der Waals surface area contributed by atoms with Gasteiger partial charge >= 0.3 is 0 Å². The number of benzene rings is 2. The van der Waals surface area contributed by atoms with Gasteiger partial charge in [0.2, 0.25) is 0 Å². The maximum absolute atomic E-state index is 12.8. The fourth-order valence-electron chi connectivity index (χ4n) is 2.40. The number of nitrogens with zero attached hydrogens (tertiary/aromatic N) is 1. The predicted molar refractivity (Wildman–Crippen MR) is 89.3 cm³/mol. The Kier molecular flexibility index (Phi) is 3.96. The molecule has 3 aromatic rings. The van der Waals surface area contributed by atoms with E-state index in [1.165, 1.54) is 7.11 Å². The second-order valence-electron chi connectivity index (χ2n) is 5.08. The molecule has 0 bridgehead atoms. The van der Waals surface area contributed by atoms with Gasteiger partial charge in [-0.05, 0) is 30.2 Å². The van der Waals surface area contributed by atoms with Crippen LogP contribution in [0, 0.1) is 0 Å². The number of fused-ring (bicyclic) bond motifs is 1. The third-order valence-electron chi connectivity index (χ3n) is 3.65. The molecule has 0 saturated heterocycles. The average molecular weight is 331 g/mol. The lowest BCUT2D eigenvalue weighted by Crippen LogP contribution is -2.14. The molecule has 0 unspecified atom stereocenters. The molecule has 0 amide bonds. The van der Waals surface area contributed by atoms with E-state index in [9.17, 15) is 8.42 Å². The van der Waals surface area contributed by atoms with Crippen LogP contribution in [-0.4, -0.2) is 25.7 Å². The van der Waals surface area contributed by atoms with Gasteiger partial charge in [-0.1, -0.05) is 25.1 Å². The van der Waals surface area contributed by atoms with Gasteiger partial charge in [-0.2, -0.15) is 5.10 Å². The number of sulfonamides is 1. The number of ether oxygens (including phenoxy) is 1. The number of para-hydroxylation sites is 1. The number of H-pyrrole nitrogens is 1. The summed E-state index contributed by atoms with van der Waals surface area (Å²) in [7, 11) is -2.33. The molecule has 6 nitrogen and oxygen atoms in total. The van der Waals surface area contributed by atoms with Gasteiger partial charge in [0.1, 0.15) is 10.6 Å². The first-order valence-corrected chi connectivity index (χ1v) is 8.65. The van der Waals surface area contributed by atoms with Crippen molar-refractivity contribution in [1.29, 1.82) is 0 Å². The van der Waals surface area contributed by atoms with Crippen LogP contribution in [0.5, 0.6) is 5.75 Å². The summed E-state index contributed by atoms with van der Waals surface area (Å²) in [4.78, 5) is 0.121. The van der Waals surface area contributed by atoms with E-state index in [1.54, 1.807) is 30.5 Å². The van der Waals surface area contributed by atoms with Gasteiger partial charge in [-0.15, -0.1) is 0 Å². The second kappa shape index (κ2) is 5.92. The highest BCUT2D eigenvalue weighted by molar-refractivity contribution is 7.92. The van der Waals surface area contributed by atoms with Crippen molar-refractivity contribution in [2.45, 2.75) is 18.2 Å². The van der Waals surface area contributed by atoms with Crippen LogP contribution in [0.3, 0.4) is 0 Å². The van der Waals surface area contributed by atoms with Crippen molar-refractivity contribution in [1.82, 2.24) is 10.2 Å². The standard InChI is InChI=1S/C16H17N3O3S/c1-3-11-7-8-14(22-2)15(9-11)23(20,21)19-13-6-4-5-12-10-17-18-16(12)13/h4-10,19H,3H2,1-2H3,(H,17,18). The topological polar surface area (TPSA) is 84.1 Å². The van der Waals surface area contributed by atoms with Crippen LogP contribution in [0.25, 0.3) is 10.9 Å². The Morgan fingerprint density at radius 3 is 2.83 bits per heavy atom. The first kappa shape index (κ1) is 15.4. The largest absolute Gasteiger partial charge is 0.495 e. The van der Waals surface area contributed by atoms with E-state index in [4.69, 9.17) is 4.74 Å². The smallest absolute Gasteiger partial charge is 0.265 e. The number of methoxy groups -OCH3 is 1. The van der Waals surface area contributed by atoms with Crippen molar-refractivity contribution >= 4 is 26.6 Å². The molecular formula is C16H17N3O3S. The maximum atomic E-state index is 12.8. The van der Waals surface area contributed by atoms with Crippen molar-refractivity contribution < 1.29 is 13.2 Å². The summed E-state index contributed by atoms with van der Waals surface area (Å²) in [6.45, 7) is 1.97. The zero-order valence-electron chi connectivity index (χ0n) is 12.8. The van der Waals surface area contributed by atoms with Crippen molar-refractivity contribution in [2.24, 2.45) is 0 Å². The molecule has 0 aliphatic rings. The van der Waals surface area contributed by atoms with E-state index in [-0.39, 0.29) is 4.90 Å². The van der Waals surface area contributed by atoms with Gasteiger partial charge in [-0.3, -0.25) is 9.82 Å². The highest BCUT2D eigenvalue weighted by atomic mass is 32.2. The number of rotatable bonds is 5. The van der Waals surface area contributed by atoms with Gasteiger partial charge in [0, 0.05) is 5.39 Å². The Morgan fingerprint density at radius 2 is 2.09 bits per heavy atom. The molecule has 7 heteroatoms. The zero-order valence-corrected chi connectivity index (χ0v) is 13.6. The zero-order chi connectivity index (χ0) is 16.4. The summed E-state index contributed by atoms with van der Waals surface area (Å²) in [5.41, 5.74) is 2.01. The first-order valence-electron chi connectivity index (χ1n) is 7.17. The van der Waals surface area contributed by atoms with Crippen LogP contribution < -0.4 is 9.46 Å². The quantitative estimate of drug-likeness (QED) is 0.753. The van der Waals surface area contributed by atoms with E-state index in [2.05, 4.69) is 14.9 Å². The highest BCUT2D eigenvalue weighted by Crippen LogP contribution is 2.29. The van der Waals surface area contributed by atoms with E-state index < -0.39 is 10.0 Å². The molecule has 1 aromatic heterocycles. The van der Waals surface area contributed by atoms with Crippen molar-refractivity contribution in [3.8, 4) is 5.75 Å². The lowest BCUT2D eigenvalue weighted by molar-refractivity contribution is 0.402. The minimum atomic E-state index is -3.78. The van der Waals surface area contributed by atoms with Crippen LogP contribution in [-0.2, 0) is 16.4 Å². The van der Waals surface area contributed by atoms with E-state index in [0.29, 0.717) is 17.0 Å². The first-order chi connectivity index (χ1) is 11.0. The van der Waals surface area contributed by atoms with Gasteiger partial charge in [0.15, 0.2) is 0 Å². The van der Waals surface area contributed by atoms with Crippen LogP contribution in [0.2, 0.25) is 0 Å². The Labute approximate surface area is 134 Å². The molecule has 1 heterocycles. The monoisotopic (exact) mass is 331 g/mol. The third-order valence-corrected chi connectivity index (χ3v) is 5.03. The number of aromatic amines is 1. The molecule has 23 heavy (non-hydrogen) atoms. The Balaban J connectivity index is 2.07. The molecule has 0 atom stereocenters. The SMILES string of the molecule is CCc1ccc(OC)c(S(=O)(=O)Nc2cccc3cn[nH]c23)c1. The Morgan fingerprint density at radius 1 is 1.26 bits per heavy atom. The summed E-state index contributed by atoms with van der Waals surface area (Å²) in [6.07, 6.45) is 2.38. The van der Waals surface area contributed by atoms with Crippen LogP contribution >= 0.6 is 0 Å². The Hall–Kier alpha value is -2.54. The molecule has 0 radical (unpaired) electrons. The van der Waals surface area contributed by atoms with E-state index in [0.717, 1.165) is 17.4 Å². The average Bonchev–Trinajstić information content (AvgIpc) is 3.03. The second-order valence-corrected chi connectivity index (χ2v) is 6.73. The van der Waals surface area contributed by atoms with Gasteiger partial charge in [-0.25, -0.2) is 8.42 Å². The Bertz CT molecular complexity index is 948. The number of anilines is 1. The van der Waals surface area contributed by atoms with Crippen molar-refractivity contribution in [3.63, 3.8) is 0 Å². The molecule has 0 spiro atoms. The summed E-state index contributed by atoms with van der Waals surface area (Å²) in [5, 5.41) is 7.58. The number of aromatic nitrogens is 2. The summed E-state index contributed by atoms with van der Waals surface area (Å²) < 4.78 is 33.4. The number of hydrogen-bond acceptors (Lipinski definition) is 4. The normalized spacial score (nSPS) is 11.6. The summed E-state index contributed by atoms with van der Waals surface area (Å²) in [5.74, 6) is 0.312. The molecule has 3 rings (SSSR count). The number of hydrogen-bond donors (Lipinski definition) is 2. The van der Waals surface area contributed by atoms with Crippen LogP contribution in [0.15, 0.2) is 47.5 Å². The maximum Gasteiger partial charge on any atom is 0.265 e. The van der Waals surface area contributed by atoms with Crippen LogP contribution in [0.4, 0.5) is 5.69 Å². The molecule has 0 fully saturated rings. The molecule has 120 valence electrons. The molecule has 2 N–H and O–H groups in total. The number of aryl methyl sites for hydroxylation is 1. The summed E-state index contributed by atoms with van der Waals surface area (Å²) in [6, 6.07) is 10.5. The number of nitrogens with one attached hydrogen (secondary N) is 2. The van der Waals surface area contributed by atoms with E-state index in [1.807, 2.05) is 19.1 Å². The highest BCUT2D eigenvalue weighted by Gasteiger charge is 2.21. The van der Waals surface area contributed by atoms with Crippen molar-refractivity contribution in [2.75, 3.05) is 11.8 Å². The van der Waals surface area contributed by atoms with Crippen molar-refractivity contribution in [3.05, 3.63) is 48.2 Å². The predicted octanol–water partition coefficient (Wildman–Crippen LogP) is 2.93. The fourth-order valence-corrected chi connectivity index (χ4v) is 3.70. The van der Waals surface area contributed by atoms with Gasteiger partial charge < -0.3 is 4.74 Å². The minimum absolute atomic E-state index is 0.121. The fraction of sp³-hybridized carbons (Fsp3) is 0.188. The molecular weight excluding hydrogens is 314 g/mol. The van der Waals surface area contributed by atoms with Gasteiger partial charge in [0.25, 0.3) is 10.0 Å². The van der Waals surface area contributed by atoms with Crippen LogP contribution in [0.1, 0.15) is 12.5 Å². The lowest BCUT2D eigenvalue weighted by atomic mass is 10.2. The molecule has 0 aliphatic carbocycles. The molecule has 0 saturated carbocycles. The lowest BCUT2D eigenvalue weighted by Gasteiger charge is -2.13. The molecule has 0 aliphatic heterocycles. The molecule has 2 aromatic carbocycles. The van der Waals surface area contributed by atoms with E-state index >= 15 is 0 Å². The summed E-state index contributed by atoms with van der Waals surface area (Å²) >= 11 is 0.